The van der Waals surface area contributed by atoms with E-state index in [0.717, 1.165) is 21.9 Å². The minimum Gasteiger partial charge on any atom is -0.307 e. The summed E-state index contributed by atoms with van der Waals surface area (Å²) in [6, 6.07) is 7.97. The van der Waals surface area contributed by atoms with Gasteiger partial charge in [-0.3, -0.25) is 9.20 Å². The molecule has 4 nitrogen and oxygen atoms in total. The normalized spacial score (nSPS) is 11.0. The molecule has 0 unspecified atom stereocenters. The highest BCUT2D eigenvalue weighted by Crippen LogP contribution is 2.21. The average Bonchev–Trinajstić information content (AvgIpc) is 3.02. The zero-order valence-corrected chi connectivity index (χ0v) is 13.1. The molecule has 0 saturated carbocycles. The SMILES string of the molecule is CCN(C(=O)c1cn2c(C)csc2n1)c1cccc(C)c1. The Hall–Kier alpha value is -2.14. The first-order chi connectivity index (χ1) is 10.1. The zero-order valence-electron chi connectivity index (χ0n) is 12.3. The van der Waals surface area contributed by atoms with Crippen molar-refractivity contribution in [3.05, 3.63) is 52.8 Å². The topological polar surface area (TPSA) is 37.6 Å². The number of imidazole rings is 1. The van der Waals surface area contributed by atoms with Crippen LogP contribution >= 0.6 is 11.3 Å². The standard InChI is InChI=1S/C16H17N3OS/c1-4-18(13-7-5-6-11(2)8-13)15(20)14-9-19-12(3)10-21-16(19)17-14/h5-10H,4H2,1-3H3. The van der Waals surface area contributed by atoms with Gasteiger partial charge >= 0.3 is 0 Å². The molecule has 0 bridgehead atoms. The Balaban J connectivity index is 1.98. The Bertz CT molecular complexity index is 803. The van der Waals surface area contributed by atoms with E-state index in [1.54, 1.807) is 16.2 Å². The summed E-state index contributed by atoms with van der Waals surface area (Å²) in [4.78, 5) is 19.8. The van der Waals surface area contributed by atoms with Crippen molar-refractivity contribution in [2.75, 3.05) is 11.4 Å². The Morgan fingerprint density at radius 3 is 2.86 bits per heavy atom. The fourth-order valence-corrected chi connectivity index (χ4v) is 3.23. The molecule has 1 amide bonds. The van der Waals surface area contributed by atoms with E-state index in [-0.39, 0.29) is 5.91 Å². The molecule has 0 spiro atoms. The number of carbonyl (C=O) groups excluding carboxylic acids is 1. The van der Waals surface area contributed by atoms with Crippen LogP contribution in [0.2, 0.25) is 0 Å². The lowest BCUT2D eigenvalue weighted by molar-refractivity contribution is 0.0984. The van der Waals surface area contributed by atoms with Crippen LogP contribution in [0.3, 0.4) is 0 Å². The minimum absolute atomic E-state index is 0.0570. The molecule has 21 heavy (non-hydrogen) atoms. The van der Waals surface area contributed by atoms with Gasteiger partial charge in [0.2, 0.25) is 0 Å². The van der Waals surface area contributed by atoms with E-state index in [9.17, 15) is 4.79 Å². The number of hydrogen-bond acceptors (Lipinski definition) is 3. The van der Waals surface area contributed by atoms with Gasteiger partial charge in [0, 0.05) is 29.5 Å². The third kappa shape index (κ3) is 2.45. The van der Waals surface area contributed by atoms with Crippen molar-refractivity contribution < 1.29 is 4.79 Å². The molecule has 0 aliphatic rings. The number of thiazole rings is 1. The van der Waals surface area contributed by atoms with E-state index >= 15 is 0 Å². The Morgan fingerprint density at radius 1 is 1.38 bits per heavy atom. The highest BCUT2D eigenvalue weighted by molar-refractivity contribution is 7.15. The van der Waals surface area contributed by atoms with Gasteiger partial charge in [0.05, 0.1) is 0 Å². The molecular formula is C16H17N3OS. The van der Waals surface area contributed by atoms with Crippen LogP contribution in [-0.2, 0) is 0 Å². The van der Waals surface area contributed by atoms with Crippen LogP contribution in [0.25, 0.3) is 4.96 Å². The molecule has 0 aliphatic heterocycles. The largest absolute Gasteiger partial charge is 0.307 e. The molecule has 0 atom stereocenters. The van der Waals surface area contributed by atoms with Gasteiger partial charge in [-0.2, -0.15) is 0 Å². The van der Waals surface area contributed by atoms with Gasteiger partial charge < -0.3 is 4.90 Å². The number of fused-ring (bicyclic) bond motifs is 1. The first-order valence-corrected chi connectivity index (χ1v) is 7.80. The fraction of sp³-hybridized carbons (Fsp3) is 0.250. The quantitative estimate of drug-likeness (QED) is 0.740. The molecule has 0 radical (unpaired) electrons. The number of aryl methyl sites for hydroxylation is 2. The van der Waals surface area contributed by atoms with Gasteiger partial charge in [-0.1, -0.05) is 12.1 Å². The molecule has 108 valence electrons. The number of benzene rings is 1. The molecule has 3 rings (SSSR count). The van der Waals surface area contributed by atoms with E-state index in [0.29, 0.717) is 12.2 Å². The Morgan fingerprint density at radius 2 is 2.19 bits per heavy atom. The van der Waals surface area contributed by atoms with Crippen LogP contribution in [0.4, 0.5) is 5.69 Å². The predicted molar refractivity (Wildman–Crippen MR) is 86.3 cm³/mol. The summed E-state index contributed by atoms with van der Waals surface area (Å²) < 4.78 is 1.96. The highest BCUT2D eigenvalue weighted by atomic mass is 32.1. The van der Waals surface area contributed by atoms with Crippen LogP contribution < -0.4 is 4.90 Å². The molecule has 0 aliphatic carbocycles. The van der Waals surface area contributed by atoms with E-state index in [4.69, 9.17) is 0 Å². The molecule has 0 saturated heterocycles. The minimum atomic E-state index is -0.0570. The lowest BCUT2D eigenvalue weighted by atomic mass is 10.2. The summed E-state index contributed by atoms with van der Waals surface area (Å²) in [5.41, 5.74) is 3.64. The van der Waals surface area contributed by atoms with Crippen molar-refractivity contribution in [1.29, 1.82) is 0 Å². The van der Waals surface area contributed by atoms with Crippen LogP contribution in [0.15, 0.2) is 35.8 Å². The van der Waals surface area contributed by atoms with Gasteiger partial charge in [-0.25, -0.2) is 4.98 Å². The van der Waals surface area contributed by atoms with Gasteiger partial charge in [0.25, 0.3) is 5.91 Å². The summed E-state index contributed by atoms with van der Waals surface area (Å²) in [5, 5.41) is 2.04. The van der Waals surface area contributed by atoms with Crippen LogP contribution in [0.1, 0.15) is 28.7 Å². The summed E-state index contributed by atoms with van der Waals surface area (Å²) in [5.74, 6) is -0.0570. The second-order valence-corrected chi connectivity index (χ2v) is 5.88. The van der Waals surface area contributed by atoms with Crippen molar-refractivity contribution in [3.63, 3.8) is 0 Å². The van der Waals surface area contributed by atoms with Crippen LogP contribution in [0.5, 0.6) is 0 Å². The predicted octanol–water partition coefficient (Wildman–Crippen LogP) is 3.68. The van der Waals surface area contributed by atoms with Gasteiger partial charge in [-0.15, -0.1) is 11.3 Å². The lowest BCUT2D eigenvalue weighted by Crippen LogP contribution is -2.30. The number of nitrogens with zero attached hydrogens (tertiary/aromatic N) is 3. The Kier molecular flexibility index (Phi) is 3.51. The average molecular weight is 299 g/mol. The molecule has 0 N–H and O–H groups in total. The second-order valence-electron chi connectivity index (χ2n) is 5.04. The molecule has 1 aromatic carbocycles. The first-order valence-electron chi connectivity index (χ1n) is 6.92. The number of aromatic nitrogens is 2. The van der Waals surface area contributed by atoms with Crippen molar-refractivity contribution in [3.8, 4) is 0 Å². The zero-order chi connectivity index (χ0) is 15.0. The maximum atomic E-state index is 12.7. The van der Waals surface area contributed by atoms with Crippen molar-refractivity contribution in [1.82, 2.24) is 9.38 Å². The third-order valence-corrected chi connectivity index (χ3v) is 4.44. The van der Waals surface area contributed by atoms with Gasteiger partial charge in [0.1, 0.15) is 5.69 Å². The molecular weight excluding hydrogens is 282 g/mol. The maximum absolute atomic E-state index is 12.7. The molecule has 2 aromatic heterocycles. The first kappa shape index (κ1) is 13.8. The third-order valence-electron chi connectivity index (χ3n) is 3.48. The number of rotatable bonds is 3. The highest BCUT2D eigenvalue weighted by Gasteiger charge is 2.20. The molecule has 3 aromatic rings. The smallest absolute Gasteiger partial charge is 0.278 e. The van der Waals surface area contributed by atoms with Gasteiger partial charge in [-0.05, 0) is 38.5 Å². The monoisotopic (exact) mass is 299 g/mol. The van der Waals surface area contributed by atoms with Crippen LogP contribution in [0, 0.1) is 13.8 Å². The number of amides is 1. The van der Waals surface area contributed by atoms with Gasteiger partial charge in [0.15, 0.2) is 4.96 Å². The van der Waals surface area contributed by atoms with Crippen LogP contribution in [-0.4, -0.2) is 21.8 Å². The Labute approximate surface area is 127 Å². The molecule has 5 heteroatoms. The number of carbonyl (C=O) groups is 1. The summed E-state index contributed by atoms with van der Waals surface area (Å²) in [7, 11) is 0. The van der Waals surface area contributed by atoms with E-state index < -0.39 is 0 Å². The van der Waals surface area contributed by atoms with Crippen molar-refractivity contribution in [2.24, 2.45) is 0 Å². The van der Waals surface area contributed by atoms with Crippen molar-refractivity contribution in [2.45, 2.75) is 20.8 Å². The van der Waals surface area contributed by atoms with E-state index in [1.807, 2.05) is 61.0 Å². The fourth-order valence-electron chi connectivity index (χ4n) is 2.37. The van der Waals surface area contributed by atoms with E-state index in [2.05, 4.69) is 4.98 Å². The maximum Gasteiger partial charge on any atom is 0.278 e. The van der Waals surface area contributed by atoms with E-state index in [1.165, 1.54) is 0 Å². The van der Waals surface area contributed by atoms with Crippen molar-refractivity contribution >= 4 is 27.9 Å². The summed E-state index contributed by atoms with van der Waals surface area (Å²) >= 11 is 1.55. The number of anilines is 1. The molecule has 2 heterocycles. The lowest BCUT2D eigenvalue weighted by Gasteiger charge is -2.20. The summed E-state index contributed by atoms with van der Waals surface area (Å²) in [6.45, 7) is 6.63. The summed E-state index contributed by atoms with van der Waals surface area (Å²) in [6.07, 6.45) is 1.82. The number of hydrogen-bond donors (Lipinski definition) is 0. The molecule has 0 fully saturated rings. The second kappa shape index (κ2) is 5.33.